The minimum atomic E-state index is -0.217. The summed E-state index contributed by atoms with van der Waals surface area (Å²) in [5.74, 6) is 2.81. The Balaban J connectivity index is 1.56. The van der Waals surface area contributed by atoms with E-state index < -0.39 is 0 Å². The molecule has 3 saturated carbocycles. The first-order chi connectivity index (χ1) is 11.0. The lowest BCUT2D eigenvalue weighted by Crippen LogP contribution is -2.48. The molecule has 0 heterocycles. The van der Waals surface area contributed by atoms with Crippen LogP contribution < -0.4 is 0 Å². The highest BCUT2D eigenvalue weighted by atomic mass is 16.5. The number of hydrogen-bond acceptors (Lipinski definition) is 3. The number of carbonyl (C=O) groups is 1. The van der Waals surface area contributed by atoms with Gasteiger partial charge in [0.25, 0.3) is 0 Å². The predicted octanol–water partition coefficient (Wildman–Crippen LogP) is 3.85. The van der Waals surface area contributed by atoms with E-state index in [2.05, 4.69) is 13.0 Å². The van der Waals surface area contributed by atoms with E-state index in [0.717, 1.165) is 43.4 Å². The lowest BCUT2D eigenvalue weighted by atomic mass is 9.50. The Labute approximate surface area is 139 Å². The minimum Gasteiger partial charge on any atom is -0.462 e. The Morgan fingerprint density at radius 3 is 2.70 bits per heavy atom. The fourth-order valence-electron chi connectivity index (χ4n) is 6.67. The van der Waals surface area contributed by atoms with Gasteiger partial charge in [-0.25, -0.2) is 0 Å². The van der Waals surface area contributed by atoms with Crippen molar-refractivity contribution in [3.63, 3.8) is 0 Å². The average molecular weight is 318 g/mol. The standard InChI is InChI=1S/C20H30O3/c1-12(21)23-19-8-6-15-16-4-3-13-11-14(22)9-10-20(13,2)18(16)7-5-17(15)19/h11,14-19,22H,3-10H2,1-2H3/t14-,15?,16?,17?,18?,19?,20?/m0/s1. The second kappa shape index (κ2) is 5.61. The van der Waals surface area contributed by atoms with Crippen molar-refractivity contribution in [1.82, 2.24) is 0 Å². The van der Waals surface area contributed by atoms with Gasteiger partial charge in [0.05, 0.1) is 6.10 Å². The first-order valence-corrected chi connectivity index (χ1v) is 9.55. The summed E-state index contributed by atoms with van der Waals surface area (Å²) in [6.45, 7) is 4.01. The number of esters is 1. The number of aliphatic hydroxyl groups excluding tert-OH is 1. The molecule has 0 aromatic heterocycles. The summed E-state index contributed by atoms with van der Waals surface area (Å²) in [6, 6.07) is 0. The van der Waals surface area contributed by atoms with Crippen LogP contribution in [0.5, 0.6) is 0 Å². The van der Waals surface area contributed by atoms with E-state index in [9.17, 15) is 9.90 Å². The third kappa shape index (κ3) is 2.47. The molecule has 6 unspecified atom stereocenters. The number of fused-ring (bicyclic) bond motifs is 5. The molecule has 0 radical (unpaired) electrons. The van der Waals surface area contributed by atoms with Crippen molar-refractivity contribution in [2.24, 2.45) is 29.1 Å². The second-order valence-electron chi connectivity index (χ2n) is 8.65. The maximum absolute atomic E-state index is 11.4. The molecule has 23 heavy (non-hydrogen) atoms. The first-order valence-electron chi connectivity index (χ1n) is 9.55. The van der Waals surface area contributed by atoms with Crippen molar-refractivity contribution in [1.29, 1.82) is 0 Å². The van der Waals surface area contributed by atoms with Gasteiger partial charge in [-0.15, -0.1) is 0 Å². The zero-order valence-electron chi connectivity index (χ0n) is 14.5. The van der Waals surface area contributed by atoms with Crippen molar-refractivity contribution in [3.8, 4) is 0 Å². The SMILES string of the molecule is CC(=O)OC1CCC2C1CCC1C2CCC2=C[C@@H](O)CCC21C. The number of allylic oxidation sites excluding steroid dienone is 1. The maximum atomic E-state index is 11.4. The summed E-state index contributed by atoms with van der Waals surface area (Å²) >= 11 is 0. The Hall–Kier alpha value is -0.830. The Morgan fingerprint density at radius 1 is 1.13 bits per heavy atom. The molecule has 3 heteroatoms. The van der Waals surface area contributed by atoms with E-state index in [0.29, 0.717) is 11.3 Å². The van der Waals surface area contributed by atoms with Gasteiger partial charge in [0.2, 0.25) is 0 Å². The van der Waals surface area contributed by atoms with E-state index in [4.69, 9.17) is 4.74 Å². The first kappa shape index (κ1) is 15.7. The van der Waals surface area contributed by atoms with Crippen LogP contribution in [-0.4, -0.2) is 23.3 Å². The molecule has 7 atom stereocenters. The summed E-state index contributed by atoms with van der Waals surface area (Å²) < 4.78 is 5.62. The molecule has 0 bridgehead atoms. The van der Waals surface area contributed by atoms with Crippen LogP contribution in [0.3, 0.4) is 0 Å². The summed E-state index contributed by atoms with van der Waals surface area (Å²) in [4.78, 5) is 11.4. The summed E-state index contributed by atoms with van der Waals surface area (Å²) in [5.41, 5.74) is 1.84. The molecule has 1 N–H and O–H groups in total. The second-order valence-corrected chi connectivity index (χ2v) is 8.65. The number of rotatable bonds is 1. The van der Waals surface area contributed by atoms with Crippen molar-refractivity contribution in [2.75, 3.05) is 0 Å². The molecular formula is C20H30O3. The van der Waals surface area contributed by atoms with E-state index in [1.807, 2.05) is 0 Å². The summed E-state index contributed by atoms with van der Waals surface area (Å²) in [5, 5.41) is 10.0. The number of aliphatic hydroxyl groups is 1. The van der Waals surface area contributed by atoms with Crippen LogP contribution in [0.4, 0.5) is 0 Å². The van der Waals surface area contributed by atoms with Crippen LogP contribution in [0.25, 0.3) is 0 Å². The summed E-state index contributed by atoms with van der Waals surface area (Å²) in [7, 11) is 0. The lowest BCUT2D eigenvalue weighted by molar-refractivity contribution is -0.150. The Morgan fingerprint density at radius 2 is 1.91 bits per heavy atom. The van der Waals surface area contributed by atoms with Crippen molar-refractivity contribution in [3.05, 3.63) is 11.6 Å². The van der Waals surface area contributed by atoms with Gasteiger partial charge in [0, 0.05) is 6.92 Å². The Kier molecular flexibility index (Phi) is 3.83. The highest BCUT2D eigenvalue weighted by Crippen LogP contribution is 2.62. The zero-order valence-corrected chi connectivity index (χ0v) is 14.5. The third-order valence-electron chi connectivity index (χ3n) is 7.66. The fraction of sp³-hybridized carbons (Fsp3) is 0.850. The maximum Gasteiger partial charge on any atom is 0.302 e. The number of carbonyl (C=O) groups excluding carboxylic acids is 1. The van der Waals surface area contributed by atoms with E-state index >= 15 is 0 Å². The lowest BCUT2D eigenvalue weighted by Gasteiger charge is -2.55. The zero-order chi connectivity index (χ0) is 16.2. The molecule has 0 aromatic rings. The average Bonchev–Trinajstić information content (AvgIpc) is 2.90. The molecule has 0 aliphatic heterocycles. The number of ether oxygens (including phenoxy) is 1. The highest BCUT2D eigenvalue weighted by molar-refractivity contribution is 5.66. The molecule has 0 aromatic carbocycles. The molecule has 0 spiro atoms. The predicted molar refractivity (Wildman–Crippen MR) is 88.6 cm³/mol. The monoisotopic (exact) mass is 318 g/mol. The Bertz CT molecular complexity index is 525. The van der Waals surface area contributed by atoms with Gasteiger partial charge in [-0.2, -0.15) is 0 Å². The van der Waals surface area contributed by atoms with E-state index in [-0.39, 0.29) is 18.2 Å². The molecule has 4 aliphatic carbocycles. The van der Waals surface area contributed by atoms with E-state index in [1.165, 1.54) is 31.3 Å². The number of hydrogen-bond donors (Lipinski definition) is 1. The molecule has 4 aliphatic rings. The molecular weight excluding hydrogens is 288 g/mol. The molecule has 0 saturated heterocycles. The van der Waals surface area contributed by atoms with Gasteiger partial charge in [-0.1, -0.05) is 18.6 Å². The van der Waals surface area contributed by atoms with Crippen LogP contribution in [0, 0.1) is 29.1 Å². The van der Waals surface area contributed by atoms with Crippen molar-refractivity contribution >= 4 is 5.97 Å². The van der Waals surface area contributed by atoms with Crippen LogP contribution in [0.15, 0.2) is 11.6 Å². The van der Waals surface area contributed by atoms with Gasteiger partial charge in [-0.3, -0.25) is 4.79 Å². The normalized spacial score (nSPS) is 48.7. The quantitative estimate of drug-likeness (QED) is 0.590. The smallest absolute Gasteiger partial charge is 0.302 e. The molecule has 4 rings (SSSR count). The van der Waals surface area contributed by atoms with Crippen LogP contribution in [-0.2, 0) is 9.53 Å². The third-order valence-corrected chi connectivity index (χ3v) is 7.66. The van der Waals surface area contributed by atoms with Crippen LogP contribution in [0.2, 0.25) is 0 Å². The topological polar surface area (TPSA) is 46.5 Å². The van der Waals surface area contributed by atoms with Crippen molar-refractivity contribution < 1.29 is 14.6 Å². The van der Waals surface area contributed by atoms with E-state index in [1.54, 1.807) is 6.92 Å². The van der Waals surface area contributed by atoms with Gasteiger partial charge in [0.15, 0.2) is 0 Å². The molecule has 128 valence electrons. The molecule has 3 fully saturated rings. The molecule has 0 amide bonds. The largest absolute Gasteiger partial charge is 0.462 e. The minimum absolute atomic E-state index is 0.111. The van der Waals surface area contributed by atoms with Crippen LogP contribution in [0.1, 0.15) is 65.2 Å². The van der Waals surface area contributed by atoms with Gasteiger partial charge >= 0.3 is 5.97 Å². The van der Waals surface area contributed by atoms with Crippen LogP contribution >= 0.6 is 0 Å². The van der Waals surface area contributed by atoms with Gasteiger partial charge < -0.3 is 9.84 Å². The van der Waals surface area contributed by atoms with Crippen molar-refractivity contribution in [2.45, 2.75) is 77.4 Å². The highest BCUT2D eigenvalue weighted by Gasteiger charge is 2.54. The summed E-state index contributed by atoms with van der Waals surface area (Å²) in [6.07, 6.45) is 11.4. The fourth-order valence-corrected chi connectivity index (χ4v) is 6.67. The van der Waals surface area contributed by atoms with Gasteiger partial charge in [0.1, 0.15) is 6.10 Å². The van der Waals surface area contributed by atoms with Gasteiger partial charge in [-0.05, 0) is 80.5 Å². The molecule has 3 nitrogen and oxygen atoms in total.